The average Bonchev–Trinajstić information content (AvgIpc) is 2.46. The maximum atomic E-state index is 13.0. The first-order chi connectivity index (χ1) is 7.00. The molecule has 1 aliphatic rings. The van der Waals surface area contributed by atoms with Crippen LogP contribution >= 0.6 is 15.9 Å². The molecule has 0 N–H and O–H groups in total. The Morgan fingerprint density at radius 2 is 2.20 bits per heavy atom. The third-order valence-corrected chi connectivity index (χ3v) is 3.74. The summed E-state index contributed by atoms with van der Waals surface area (Å²) in [5.74, 6) is 0.134. The lowest BCUT2D eigenvalue weighted by Crippen LogP contribution is -2.25. The van der Waals surface area contributed by atoms with Crippen LogP contribution in [0.25, 0.3) is 0 Å². The molecule has 82 valence electrons. The van der Waals surface area contributed by atoms with Gasteiger partial charge in [-0.1, -0.05) is 22.0 Å². The van der Waals surface area contributed by atoms with Crippen molar-refractivity contribution < 1.29 is 9.13 Å². The summed E-state index contributed by atoms with van der Waals surface area (Å²) < 4.78 is 19.5. The highest BCUT2D eigenvalue weighted by molar-refractivity contribution is 9.10. The van der Waals surface area contributed by atoms with E-state index in [0.717, 1.165) is 23.1 Å². The molecule has 0 spiro atoms. The molecule has 1 aromatic rings. The van der Waals surface area contributed by atoms with Crippen molar-refractivity contribution in [3.05, 3.63) is 34.1 Å². The standard InChI is InChI=1S/C12H14BrFO/c1-12(2)10(5-6-15-12)9-4-3-8(14)7-11(9)13/h3-4,7,10H,5-6H2,1-2H3. The minimum atomic E-state index is -0.206. The lowest BCUT2D eigenvalue weighted by atomic mass is 9.84. The van der Waals surface area contributed by atoms with Gasteiger partial charge in [0.15, 0.2) is 0 Å². The smallest absolute Gasteiger partial charge is 0.124 e. The highest BCUT2D eigenvalue weighted by Gasteiger charge is 2.37. The zero-order chi connectivity index (χ0) is 11.1. The lowest BCUT2D eigenvalue weighted by molar-refractivity contribution is 0.0270. The zero-order valence-corrected chi connectivity index (χ0v) is 10.5. The van der Waals surface area contributed by atoms with E-state index in [0.29, 0.717) is 5.92 Å². The highest BCUT2D eigenvalue weighted by atomic mass is 79.9. The van der Waals surface area contributed by atoms with Crippen molar-refractivity contribution in [1.29, 1.82) is 0 Å². The molecule has 0 radical (unpaired) electrons. The summed E-state index contributed by atoms with van der Waals surface area (Å²) >= 11 is 3.41. The van der Waals surface area contributed by atoms with Crippen LogP contribution < -0.4 is 0 Å². The normalized spacial score (nSPS) is 24.4. The Kier molecular flexibility index (Phi) is 2.86. The number of rotatable bonds is 1. The van der Waals surface area contributed by atoms with E-state index in [1.54, 1.807) is 0 Å². The molecule has 3 heteroatoms. The number of hydrogen-bond acceptors (Lipinski definition) is 1. The van der Waals surface area contributed by atoms with E-state index in [9.17, 15) is 4.39 Å². The Morgan fingerprint density at radius 1 is 1.47 bits per heavy atom. The molecular formula is C12H14BrFO. The van der Waals surface area contributed by atoms with Crippen LogP contribution in [-0.4, -0.2) is 12.2 Å². The van der Waals surface area contributed by atoms with Gasteiger partial charge in [-0.2, -0.15) is 0 Å². The van der Waals surface area contributed by atoms with Gasteiger partial charge in [0.05, 0.1) is 5.60 Å². The predicted molar refractivity (Wildman–Crippen MR) is 61.5 cm³/mol. The minimum absolute atomic E-state index is 0.152. The molecule has 1 aromatic carbocycles. The Balaban J connectivity index is 2.37. The fourth-order valence-electron chi connectivity index (χ4n) is 2.20. The highest BCUT2D eigenvalue weighted by Crippen LogP contribution is 2.42. The van der Waals surface area contributed by atoms with Crippen molar-refractivity contribution in [2.24, 2.45) is 0 Å². The molecule has 1 saturated heterocycles. The Labute approximate surface area is 97.8 Å². The molecule has 2 rings (SSSR count). The van der Waals surface area contributed by atoms with Crippen LogP contribution in [0.3, 0.4) is 0 Å². The molecule has 15 heavy (non-hydrogen) atoms. The van der Waals surface area contributed by atoms with Crippen LogP contribution in [0.4, 0.5) is 4.39 Å². The van der Waals surface area contributed by atoms with Gasteiger partial charge < -0.3 is 4.74 Å². The maximum absolute atomic E-state index is 13.0. The summed E-state index contributed by atoms with van der Waals surface area (Å²) in [6, 6.07) is 4.87. The van der Waals surface area contributed by atoms with Gasteiger partial charge in [-0.05, 0) is 38.0 Å². The Bertz CT molecular complexity index is 376. The Hall–Kier alpha value is -0.410. The lowest BCUT2D eigenvalue weighted by Gasteiger charge is -2.26. The monoisotopic (exact) mass is 272 g/mol. The van der Waals surface area contributed by atoms with E-state index in [4.69, 9.17) is 4.74 Å². The van der Waals surface area contributed by atoms with E-state index in [1.165, 1.54) is 12.1 Å². The molecule has 1 fully saturated rings. The third kappa shape index (κ3) is 2.08. The molecule has 0 aromatic heterocycles. The predicted octanol–water partition coefficient (Wildman–Crippen LogP) is 3.87. The van der Waals surface area contributed by atoms with E-state index in [1.807, 2.05) is 6.07 Å². The number of hydrogen-bond donors (Lipinski definition) is 0. The van der Waals surface area contributed by atoms with Crippen molar-refractivity contribution in [1.82, 2.24) is 0 Å². The number of benzene rings is 1. The first-order valence-electron chi connectivity index (χ1n) is 5.09. The van der Waals surface area contributed by atoms with Gasteiger partial charge in [0.2, 0.25) is 0 Å². The van der Waals surface area contributed by atoms with Gasteiger partial charge in [0, 0.05) is 17.0 Å². The van der Waals surface area contributed by atoms with Crippen LogP contribution in [0, 0.1) is 5.82 Å². The summed E-state index contributed by atoms with van der Waals surface area (Å²) in [7, 11) is 0. The molecule has 1 unspecified atom stereocenters. The van der Waals surface area contributed by atoms with Gasteiger partial charge in [0.1, 0.15) is 5.82 Å². The van der Waals surface area contributed by atoms with E-state index in [2.05, 4.69) is 29.8 Å². The fraction of sp³-hybridized carbons (Fsp3) is 0.500. The molecule has 1 heterocycles. The van der Waals surface area contributed by atoms with Gasteiger partial charge >= 0.3 is 0 Å². The zero-order valence-electron chi connectivity index (χ0n) is 8.89. The van der Waals surface area contributed by atoms with E-state index >= 15 is 0 Å². The number of halogens is 2. The van der Waals surface area contributed by atoms with Gasteiger partial charge in [-0.25, -0.2) is 4.39 Å². The summed E-state index contributed by atoms with van der Waals surface area (Å²) in [5, 5.41) is 0. The van der Waals surface area contributed by atoms with Crippen molar-refractivity contribution in [3.63, 3.8) is 0 Å². The molecule has 1 atom stereocenters. The van der Waals surface area contributed by atoms with Crippen LogP contribution in [0.1, 0.15) is 31.7 Å². The fourth-order valence-corrected chi connectivity index (χ4v) is 2.83. The Morgan fingerprint density at radius 3 is 2.73 bits per heavy atom. The number of ether oxygens (including phenoxy) is 1. The molecule has 0 amide bonds. The van der Waals surface area contributed by atoms with Crippen molar-refractivity contribution in [2.45, 2.75) is 31.8 Å². The van der Waals surface area contributed by atoms with Crippen molar-refractivity contribution in [2.75, 3.05) is 6.61 Å². The first-order valence-corrected chi connectivity index (χ1v) is 5.89. The van der Waals surface area contributed by atoms with Crippen LogP contribution in [0.2, 0.25) is 0 Å². The van der Waals surface area contributed by atoms with Gasteiger partial charge in [-0.15, -0.1) is 0 Å². The van der Waals surface area contributed by atoms with Gasteiger partial charge in [-0.3, -0.25) is 0 Å². The summed E-state index contributed by atoms with van der Waals surface area (Å²) in [6.45, 7) is 4.95. The minimum Gasteiger partial charge on any atom is -0.375 e. The largest absolute Gasteiger partial charge is 0.375 e. The summed E-state index contributed by atoms with van der Waals surface area (Å²) in [5.41, 5.74) is 0.985. The van der Waals surface area contributed by atoms with Crippen LogP contribution in [-0.2, 0) is 4.74 Å². The van der Waals surface area contributed by atoms with Crippen molar-refractivity contribution in [3.8, 4) is 0 Å². The van der Waals surface area contributed by atoms with E-state index in [-0.39, 0.29) is 11.4 Å². The topological polar surface area (TPSA) is 9.23 Å². The second kappa shape index (κ2) is 3.87. The second-order valence-corrected chi connectivity index (χ2v) is 5.31. The molecule has 0 saturated carbocycles. The third-order valence-electron chi connectivity index (χ3n) is 3.06. The van der Waals surface area contributed by atoms with Crippen LogP contribution in [0.15, 0.2) is 22.7 Å². The molecular weight excluding hydrogens is 259 g/mol. The summed E-state index contributed by atoms with van der Waals surface area (Å²) in [4.78, 5) is 0. The molecule has 0 aliphatic carbocycles. The van der Waals surface area contributed by atoms with Crippen molar-refractivity contribution >= 4 is 15.9 Å². The summed E-state index contributed by atoms with van der Waals surface area (Å²) in [6.07, 6.45) is 0.997. The van der Waals surface area contributed by atoms with Crippen LogP contribution in [0.5, 0.6) is 0 Å². The molecule has 1 nitrogen and oxygen atoms in total. The molecule has 1 aliphatic heterocycles. The maximum Gasteiger partial charge on any atom is 0.124 e. The average molecular weight is 273 g/mol. The van der Waals surface area contributed by atoms with Gasteiger partial charge in [0.25, 0.3) is 0 Å². The first kappa shape index (κ1) is 11.1. The second-order valence-electron chi connectivity index (χ2n) is 4.46. The van der Waals surface area contributed by atoms with E-state index < -0.39 is 0 Å². The SMILES string of the molecule is CC1(C)OCCC1c1ccc(F)cc1Br. The quantitative estimate of drug-likeness (QED) is 0.754. The molecule has 0 bridgehead atoms.